The van der Waals surface area contributed by atoms with Gasteiger partial charge in [-0.1, -0.05) is 12.2 Å². The molecule has 0 radical (unpaired) electrons. The Labute approximate surface area is 83.2 Å². The molecule has 0 saturated heterocycles. The quantitative estimate of drug-likeness (QED) is 0.546. The summed E-state index contributed by atoms with van der Waals surface area (Å²) in [6.07, 6.45) is 3.71. The number of thiocarbonyl (C=S) groups is 1. The number of unbranched alkanes of at least 4 members (excludes halogenated alkanes) is 1. The molecule has 4 heteroatoms. The fourth-order valence-electron chi connectivity index (χ4n) is 1.23. The molecule has 0 fully saturated rings. The highest BCUT2D eigenvalue weighted by Gasteiger charge is 2.01. The first-order valence-corrected chi connectivity index (χ1v) is 4.72. The number of aliphatic hydroxyl groups excluding tert-OH is 1. The SMILES string of the molecule is NC(=S)c1cccn1CCCCO. The zero-order valence-electron chi connectivity index (χ0n) is 7.44. The van der Waals surface area contributed by atoms with E-state index in [2.05, 4.69) is 0 Å². The molecule has 0 aliphatic carbocycles. The van der Waals surface area contributed by atoms with Gasteiger partial charge in [-0.3, -0.25) is 0 Å². The zero-order chi connectivity index (χ0) is 9.68. The van der Waals surface area contributed by atoms with Crippen LogP contribution < -0.4 is 5.73 Å². The lowest BCUT2D eigenvalue weighted by Crippen LogP contribution is -2.15. The molecule has 0 atom stereocenters. The van der Waals surface area contributed by atoms with Crippen molar-refractivity contribution in [1.29, 1.82) is 0 Å². The number of aromatic nitrogens is 1. The van der Waals surface area contributed by atoms with E-state index >= 15 is 0 Å². The van der Waals surface area contributed by atoms with E-state index < -0.39 is 0 Å². The van der Waals surface area contributed by atoms with E-state index in [-0.39, 0.29) is 6.61 Å². The number of aliphatic hydroxyl groups is 1. The van der Waals surface area contributed by atoms with Crippen molar-refractivity contribution in [2.24, 2.45) is 5.73 Å². The van der Waals surface area contributed by atoms with Crippen molar-refractivity contribution in [1.82, 2.24) is 4.57 Å². The average Bonchev–Trinajstić information content (AvgIpc) is 2.53. The molecular formula is C9H14N2OS. The first kappa shape index (κ1) is 10.2. The molecule has 3 N–H and O–H groups in total. The maximum absolute atomic E-state index is 8.61. The standard InChI is InChI=1S/C9H14N2OS/c10-9(13)8-4-3-6-11(8)5-1-2-7-12/h3-4,6,12H,1-2,5,7H2,(H2,10,13). The van der Waals surface area contributed by atoms with Crippen LogP contribution in [0.25, 0.3) is 0 Å². The van der Waals surface area contributed by atoms with E-state index in [4.69, 9.17) is 23.1 Å². The van der Waals surface area contributed by atoms with Crippen LogP contribution in [0.1, 0.15) is 18.5 Å². The lowest BCUT2D eigenvalue weighted by Gasteiger charge is -2.06. The van der Waals surface area contributed by atoms with Crippen molar-refractivity contribution in [3.8, 4) is 0 Å². The Hall–Kier alpha value is -0.870. The third kappa shape index (κ3) is 2.82. The van der Waals surface area contributed by atoms with Crippen LogP contribution in [0.4, 0.5) is 0 Å². The Balaban J connectivity index is 2.55. The van der Waals surface area contributed by atoms with Crippen molar-refractivity contribution in [2.45, 2.75) is 19.4 Å². The maximum Gasteiger partial charge on any atom is 0.120 e. The van der Waals surface area contributed by atoms with Gasteiger partial charge in [0, 0.05) is 19.3 Å². The first-order valence-electron chi connectivity index (χ1n) is 4.31. The van der Waals surface area contributed by atoms with E-state index in [1.165, 1.54) is 0 Å². The van der Waals surface area contributed by atoms with E-state index in [9.17, 15) is 0 Å². The summed E-state index contributed by atoms with van der Waals surface area (Å²) >= 11 is 4.89. The number of nitrogens with two attached hydrogens (primary N) is 1. The summed E-state index contributed by atoms with van der Waals surface area (Å²) in [5, 5.41) is 8.61. The number of hydrogen-bond acceptors (Lipinski definition) is 2. The van der Waals surface area contributed by atoms with Crippen molar-refractivity contribution < 1.29 is 5.11 Å². The van der Waals surface area contributed by atoms with Gasteiger partial charge in [-0.2, -0.15) is 0 Å². The van der Waals surface area contributed by atoms with E-state index in [1.807, 2.05) is 22.9 Å². The van der Waals surface area contributed by atoms with Gasteiger partial charge < -0.3 is 15.4 Å². The van der Waals surface area contributed by atoms with Crippen LogP contribution in [0.2, 0.25) is 0 Å². The lowest BCUT2D eigenvalue weighted by atomic mass is 10.3. The van der Waals surface area contributed by atoms with Gasteiger partial charge in [0.15, 0.2) is 0 Å². The third-order valence-electron chi connectivity index (χ3n) is 1.89. The smallest absolute Gasteiger partial charge is 0.120 e. The summed E-state index contributed by atoms with van der Waals surface area (Å²) in [6, 6.07) is 3.83. The summed E-state index contributed by atoms with van der Waals surface area (Å²) < 4.78 is 2.01. The van der Waals surface area contributed by atoms with Crippen LogP contribution in [0, 0.1) is 0 Å². The zero-order valence-corrected chi connectivity index (χ0v) is 8.26. The van der Waals surface area contributed by atoms with Gasteiger partial charge >= 0.3 is 0 Å². The second-order valence-corrected chi connectivity index (χ2v) is 3.32. The Bertz CT molecular complexity index is 283. The molecule has 0 saturated carbocycles. The van der Waals surface area contributed by atoms with Crippen molar-refractivity contribution in [3.05, 3.63) is 24.0 Å². The predicted molar refractivity (Wildman–Crippen MR) is 56.6 cm³/mol. The fraction of sp³-hybridized carbons (Fsp3) is 0.444. The van der Waals surface area contributed by atoms with Gasteiger partial charge in [-0.15, -0.1) is 0 Å². The van der Waals surface area contributed by atoms with Crippen LogP contribution in [-0.2, 0) is 6.54 Å². The van der Waals surface area contributed by atoms with Gasteiger partial charge in [0.25, 0.3) is 0 Å². The third-order valence-corrected chi connectivity index (χ3v) is 2.10. The first-order chi connectivity index (χ1) is 6.25. The van der Waals surface area contributed by atoms with Crippen LogP contribution >= 0.6 is 12.2 Å². The Morgan fingerprint density at radius 1 is 1.54 bits per heavy atom. The highest BCUT2D eigenvalue weighted by Crippen LogP contribution is 2.04. The second-order valence-electron chi connectivity index (χ2n) is 2.88. The van der Waals surface area contributed by atoms with E-state index in [1.54, 1.807) is 0 Å². The van der Waals surface area contributed by atoms with Crippen molar-refractivity contribution in [2.75, 3.05) is 6.61 Å². The molecule has 0 unspecified atom stereocenters. The van der Waals surface area contributed by atoms with Crippen LogP contribution in [0.5, 0.6) is 0 Å². The van der Waals surface area contributed by atoms with Gasteiger partial charge in [0.05, 0.1) is 5.69 Å². The molecule has 1 rings (SSSR count). The molecule has 0 spiro atoms. The van der Waals surface area contributed by atoms with Gasteiger partial charge in [0.1, 0.15) is 4.99 Å². The summed E-state index contributed by atoms with van der Waals surface area (Å²) in [6.45, 7) is 1.10. The van der Waals surface area contributed by atoms with E-state index in [0.717, 1.165) is 25.1 Å². The van der Waals surface area contributed by atoms with Crippen LogP contribution in [0.15, 0.2) is 18.3 Å². The van der Waals surface area contributed by atoms with Crippen LogP contribution in [-0.4, -0.2) is 21.3 Å². The fourth-order valence-corrected chi connectivity index (χ4v) is 1.41. The largest absolute Gasteiger partial charge is 0.396 e. The van der Waals surface area contributed by atoms with E-state index in [0.29, 0.717) is 4.99 Å². The molecule has 0 bridgehead atoms. The highest BCUT2D eigenvalue weighted by molar-refractivity contribution is 7.80. The monoisotopic (exact) mass is 198 g/mol. The number of nitrogens with zero attached hydrogens (tertiary/aromatic N) is 1. The number of rotatable bonds is 5. The minimum atomic E-state index is 0.240. The second kappa shape index (κ2) is 4.99. The summed E-state index contributed by atoms with van der Waals surface area (Å²) in [7, 11) is 0. The highest BCUT2D eigenvalue weighted by atomic mass is 32.1. The minimum Gasteiger partial charge on any atom is -0.396 e. The Morgan fingerprint density at radius 2 is 2.31 bits per heavy atom. The molecule has 0 amide bonds. The molecular weight excluding hydrogens is 184 g/mol. The Morgan fingerprint density at radius 3 is 2.92 bits per heavy atom. The summed E-state index contributed by atoms with van der Waals surface area (Å²) in [4.78, 5) is 0.425. The summed E-state index contributed by atoms with van der Waals surface area (Å²) in [5.74, 6) is 0. The Kier molecular flexibility index (Phi) is 3.92. The lowest BCUT2D eigenvalue weighted by molar-refractivity contribution is 0.281. The van der Waals surface area contributed by atoms with Crippen molar-refractivity contribution >= 4 is 17.2 Å². The molecule has 3 nitrogen and oxygen atoms in total. The molecule has 0 aliphatic rings. The number of hydrogen-bond donors (Lipinski definition) is 2. The predicted octanol–water partition coefficient (Wildman–Crippen LogP) is 0.895. The van der Waals surface area contributed by atoms with Gasteiger partial charge in [-0.25, -0.2) is 0 Å². The number of aryl methyl sites for hydroxylation is 1. The van der Waals surface area contributed by atoms with Gasteiger partial charge in [-0.05, 0) is 25.0 Å². The molecule has 0 aliphatic heterocycles. The topological polar surface area (TPSA) is 51.2 Å². The molecule has 0 aromatic carbocycles. The minimum absolute atomic E-state index is 0.240. The molecule has 1 aromatic heterocycles. The summed E-state index contributed by atoms with van der Waals surface area (Å²) in [5.41, 5.74) is 6.42. The molecule has 1 aromatic rings. The average molecular weight is 198 g/mol. The van der Waals surface area contributed by atoms with Crippen molar-refractivity contribution in [3.63, 3.8) is 0 Å². The van der Waals surface area contributed by atoms with Gasteiger partial charge in [0.2, 0.25) is 0 Å². The van der Waals surface area contributed by atoms with Crippen LogP contribution in [0.3, 0.4) is 0 Å². The molecule has 1 heterocycles. The molecule has 13 heavy (non-hydrogen) atoms. The maximum atomic E-state index is 8.61. The normalized spacial score (nSPS) is 10.2. The molecule has 72 valence electrons.